The minimum atomic E-state index is 0.245. The molecule has 0 aromatic rings. The van der Waals surface area contributed by atoms with Crippen LogP contribution in [-0.2, 0) is 4.79 Å². The van der Waals surface area contributed by atoms with Gasteiger partial charge in [-0.15, -0.1) is 0 Å². The van der Waals surface area contributed by atoms with Crippen molar-refractivity contribution in [1.82, 2.24) is 4.90 Å². The van der Waals surface area contributed by atoms with Crippen molar-refractivity contribution in [2.45, 2.75) is 52.4 Å². The van der Waals surface area contributed by atoms with E-state index in [9.17, 15) is 4.79 Å². The molecule has 0 saturated heterocycles. The standard InChI is InChI=1S/C14H28N2O/c1-3-5-9-16(4-2)14(17)13-8-6-7-12(10-13)11-15/h12-13H,3-11,15H2,1-2H3. The molecule has 0 aliphatic heterocycles. The lowest BCUT2D eigenvalue weighted by Crippen LogP contribution is -2.39. The van der Waals surface area contributed by atoms with E-state index in [0.29, 0.717) is 11.8 Å². The van der Waals surface area contributed by atoms with Crippen molar-refractivity contribution in [1.29, 1.82) is 0 Å². The number of rotatable bonds is 6. The minimum Gasteiger partial charge on any atom is -0.343 e. The lowest BCUT2D eigenvalue weighted by atomic mass is 9.80. The Hall–Kier alpha value is -0.570. The van der Waals surface area contributed by atoms with Crippen LogP contribution in [-0.4, -0.2) is 30.4 Å². The summed E-state index contributed by atoms with van der Waals surface area (Å²) in [6.45, 7) is 6.77. The minimum absolute atomic E-state index is 0.245. The largest absolute Gasteiger partial charge is 0.343 e. The Labute approximate surface area is 106 Å². The fourth-order valence-electron chi connectivity index (χ4n) is 2.76. The van der Waals surface area contributed by atoms with Crippen molar-refractivity contribution >= 4 is 5.91 Å². The molecule has 0 spiro atoms. The highest BCUT2D eigenvalue weighted by Gasteiger charge is 2.28. The van der Waals surface area contributed by atoms with Crippen molar-refractivity contribution in [2.24, 2.45) is 17.6 Å². The first kappa shape index (κ1) is 14.5. The van der Waals surface area contributed by atoms with Crippen LogP contribution in [0.15, 0.2) is 0 Å². The molecule has 0 aromatic heterocycles. The van der Waals surface area contributed by atoms with Gasteiger partial charge in [0.1, 0.15) is 0 Å². The van der Waals surface area contributed by atoms with Gasteiger partial charge in [-0.3, -0.25) is 4.79 Å². The zero-order valence-corrected chi connectivity index (χ0v) is 11.5. The summed E-state index contributed by atoms with van der Waals surface area (Å²) in [6, 6.07) is 0. The predicted octanol–water partition coefficient (Wildman–Crippen LogP) is 2.40. The first-order chi connectivity index (χ1) is 8.22. The summed E-state index contributed by atoms with van der Waals surface area (Å²) in [4.78, 5) is 14.4. The Balaban J connectivity index is 2.48. The second kappa shape index (κ2) is 7.70. The van der Waals surface area contributed by atoms with Crippen LogP contribution >= 0.6 is 0 Å². The van der Waals surface area contributed by atoms with Crippen LogP contribution in [0.3, 0.4) is 0 Å². The van der Waals surface area contributed by atoms with E-state index >= 15 is 0 Å². The van der Waals surface area contributed by atoms with Crippen molar-refractivity contribution in [3.8, 4) is 0 Å². The lowest BCUT2D eigenvalue weighted by molar-refractivity contribution is -0.137. The quantitative estimate of drug-likeness (QED) is 0.775. The molecule has 1 saturated carbocycles. The van der Waals surface area contributed by atoms with Crippen molar-refractivity contribution in [3.63, 3.8) is 0 Å². The molecule has 0 bridgehead atoms. The van der Waals surface area contributed by atoms with E-state index in [2.05, 4.69) is 13.8 Å². The topological polar surface area (TPSA) is 46.3 Å². The smallest absolute Gasteiger partial charge is 0.225 e. The average Bonchev–Trinajstić information content (AvgIpc) is 2.39. The molecule has 2 N–H and O–H groups in total. The molecule has 0 radical (unpaired) electrons. The normalized spacial score (nSPS) is 24.6. The van der Waals surface area contributed by atoms with Crippen LogP contribution in [0.2, 0.25) is 0 Å². The molecule has 0 heterocycles. The van der Waals surface area contributed by atoms with E-state index in [-0.39, 0.29) is 5.92 Å². The summed E-state index contributed by atoms with van der Waals surface area (Å²) >= 11 is 0. The second-order valence-corrected chi connectivity index (χ2v) is 5.24. The van der Waals surface area contributed by atoms with Gasteiger partial charge >= 0.3 is 0 Å². The molecule has 17 heavy (non-hydrogen) atoms. The van der Waals surface area contributed by atoms with Crippen LogP contribution in [0.25, 0.3) is 0 Å². The van der Waals surface area contributed by atoms with Crippen LogP contribution < -0.4 is 5.73 Å². The van der Waals surface area contributed by atoms with Crippen molar-refractivity contribution in [2.75, 3.05) is 19.6 Å². The summed E-state index contributed by atoms with van der Waals surface area (Å²) in [7, 11) is 0. The Morgan fingerprint density at radius 3 is 2.71 bits per heavy atom. The fourth-order valence-corrected chi connectivity index (χ4v) is 2.76. The fraction of sp³-hybridized carbons (Fsp3) is 0.929. The molecule has 2 atom stereocenters. The zero-order chi connectivity index (χ0) is 12.7. The van der Waals surface area contributed by atoms with Gasteiger partial charge in [-0.05, 0) is 45.1 Å². The SMILES string of the molecule is CCCCN(CC)C(=O)C1CCCC(CN)C1. The van der Waals surface area contributed by atoms with Crippen LogP contribution in [0.4, 0.5) is 0 Å². The lowest BCUT2D eigenvalue weighted by Gasteiger charge is -2.31. The van der Waals surface area contributed by atoms with Gasteiger partial charge in [0.2, 0.25) is 5.91 Å². The third-order valence-electron chi connectivity index (χ3n) is 3.94. The highest BCUT2D eigenvalue weighted by Crippen LogP contribution is 2.29. The number of nitrogens with zero attached hydrogens (tertiary/aromatic N) is 1. The van der Waals surface area contributed by atoms with Gasteiger partial charge < -0.3 is 10.6 Å². The zero-order valence-electron chi connectivity index (χ0n) is 11.5. The maximum Gasteiger partial charge on any atom is 0.225 e. The van der Waals surface area contributed by atoms with E-state index in [1.807, 2.05) is 4.90 Å². The van der Waals surface area contributed by atoms with Gasteiger partial charge in [0.05, 0.1) is 0 Å². The highest BCUT2D eigenvalue weighted by atomic mass is 16.2. The second-order valence-electron chi connectivity index (χ2n) is 5.24. The number of nitrogens with two attached hydrogens (primary N) is 1. The van der Waals surface area contributed by atoms with Crippen LogP contribution in [0.5, 0.6) is 0 Å². The third kappa shape index (κ3) is 4.30. The summed E-state index contributed by atoms with van der Waals surface area (Å²) < 4.78 is 0. The van der Waals surface area contributed by atoms with E-state index in [1.54, 1.807) is 0 Å². The molecular weight excluding hydrogens is 212 g/mol. The molecule has 0 aromatic carbocycles. The van der Waals surface area contributed by atoms with Crippen molar-refractivity contribution < 1.29 is 4.79 Å². The number of unbranched alkanes of at least 4 members (excludes halogenated alkanes) is 1. The Kier molecular flexibility index (Phi) is 6.56. The number of amides is 1. The van der Waals surface area contributed by atoms with Crippen LogP contribution in [0.1, 0.15) is 52.4 Å². The molecule has 100 valence electrons. The van der Waals surface area contributed by atoms with Gasteiger partial charge in [0.25, 0.3) is 0 Å². The monoisotopic (exact) mass is 240 g/mol. The number of hydrogen-bond donors (Lipinski definition) is 1. The Morgan fingerprint density at radius 2 is 2.12 bits per heavy atom. The summed E-state index contributed by atoms with van der Waals surface area (Å²) in [5, 5.41) is 0. The summed E-state index contributed by atoms with van der Waals surface area (Å²) in [5.74, 6) is 1.19. The molecule has 3 heteroatoms. The number of carbonyl (C=O) groups excluding carboxylic acids is 1. The number of carbonyl (C=O) groups is 1. The highest BCUT2D eigenvalue weighted by molar-refractivity contribution is 5.78. The molecule has 2 unspecified atom stereocenters. The first-order valence-electron chi connectivity index (χ1n) is 7.21. The molecule has 1 aliphatic carbocycles. The Morgan fingerprint density at radius 1 is 1.35 bits per heavy atom. The van der Waals surface area contributed by atoms with Crippen LogP contribution in [0, 0.1) is 11.8 Å². The third-order valence-corrected chi connectivity index (χ3v) is 3.94. The maximum atomic E-state index is 12.4. The maximum absolute atomic E-state index is 12.4. The Bertz CT molecular complexity index is 230. The molecule has 1 amide bonds. The van der Waals surface area contributed by atoms with Gasteiger partial charge in [0, 0.05) is 19.0 Å². The molecule has 1 aliphatic rings. The summed E-state index contributed by atoms with van der Waals surface area (Å²) in [5.41, 5.74) is 5.73. The molecule has 1 fully saturated rings. The van der Waals surface area contributed by atoms with Gasteiger partial charge in [-0.2, -0.15) is 0 Å². The van der Waals surface area contributed by atoms with E-state index in [4.69, 9.17) is 5.73 Å². The van der Waals surface area contributed by atoms with E-state index in [0.717, 1.165) is 45.3 Å². The predicted molar refractivity (Wildman–Crippen MR) is 71.7 cm³/mol. The molecular formula is C14H28N2O. The average molecular weight is 240 g/mol. The van der Waals surface area contributed by atoms with Gasteiger partial charge in [-0.1, -0.05) is 19.8 Å². The molecule has 3 nitrogen and oxygen atoms in total. The first-order valence-corrected chi connectivity index (χ1v) is 7.21. The van der Waals surface area contributed by atoms with Gasteiger partial charge in [0.15, 0.2) is 0 Å². The molecule has 1 rings (SSSR count). The van der Waals surface area contributed by atoms with E-state index in [1.165, 1.54) is 12.8 Å². The summed E-state index contributed by atoms with van der Waals surface area (Å²) in [6.07, 6.45) is 6.73. The van der Waals surface area contributed by atoms with Crippen molar-refractivity contribution in [3.05, 3.63) is 0 Å². The van der Waals surface area contributed by atoms with E-state index < -0.39 is 0 Å². The van der Waals surface area contributed by atoms with Gasteiger partial charge in [-0.25, -0.2) is 0 Å². The number of hydrogen-bond acceptors (Lipinski definition) is 2.